The van der Waals surface area contributed by atoms with E-state index in [2.05, 4.69) is 29.4 Å². The van der Waals surface area contributed by atoms with Crippen molar-refractivity contribution >= 4 is 16.8 Å². The second kappa shape index (κ2) is 5.25. The molecule has 0 saturated carbocycles. The minimum atomic E-state index is 0.0501. The lowest BCUT2D eigenvalue weighted by Gasteiger charge is -2.07. The van der Waals surface area contributed by atoms with Crippen LogP contribution in [0.3, 0.4) is 0 Å². The number of aromatic nitrogens is 1. The number of carbonyl (C=O) groups excluding carboxylic acids is 1. The van der Waals surface area contributed by atoms with Crippen LogP contribution < -0.4 is 5.32 Å². The first-order chi connectivity index (χ1) is 8.59. The number of carbonyl (C=O) groups is 1. The molecular formula is C15H20N2O. The van der Waals surface area contributed by atoms with Crippen molar-refractivity contribution in [3.05, 3.63) is 35.5 Å². The van der Waals surface area contributed by atoms with Gasteiger partial charge < -0.3 is 10.3 Å². The predicted molar refractivity (Wildman–Crippen MR) is 74.6 cm³/mol. The summed E-state index contributed by atoms with van der Waals surface area (Å²) >= 11 is 0. The number of benzene rings is 1. The molecule has 18 heavy (non-hydrogen) atoms. The fourth-order valence-electron chi connectivity index (χ4n) is 2.17. The summed E-state index contributed by atoms with van der Waals surface area (Å²) in [4.78, 5) is 14.9. The molecule has 0 saturated heterocycles. The van der Waals surface area contributed by atoms with Gasteiger partial charge in [-0.25, -0.2) is 0 Å². The molecule has 96 valence electrons. The Bertz CT molecular complexity index is 555. The molecule has 0 radical (unpaired) electrons. The average Bonchev–Trinajstić information content (AvgIpc) is 2.65. The van der Waals surface area contributed by atoms with Gasteiger partial charge >= 0.3 is 0 Å². The standard InChI is InChI=1S/C15H20N2O/c1-10(2)15(18)16-9-8-12-11(3)17-14-7-5-4-6-13(12)14/h4-7,10,17H,8-9H2,1-3H3,(H,16,18). The minimum Gasteiger partial charge on any atom is -0.358 e. The van der Waals surface area contributed by atoms with Crippen LogP contribution in [-0.4, -0.2) is 17.4 Å². The summed E-state index contributed by atoms with van der Waals surface area (Å²) in [6.45, 7) is 6.60. The number of H-pyrrole nitrogens is 1. The number of aryl methyl sites for hydroxylation is 1. The van der Waals surface area contributed by atoms with E-state index in [1.54, 1.807) is 0 Å². The fourth-order valence-corrected chi connectivity index (χ4v) is 2.17. The van der Waals surface area contributed by atoms with Crippen molar-refractivity contribution in [2.45, 2.75) is 27.2 Å². The molecule has 0 spiro atoms. The van der Waals surface area contributed by atoms with Crippen LogP contribution in [0.2, 0.25) is 0 Å². The molecule has 1 heterocycles. The lowest BCUT2D eigenvalue weighted by atomic mass is 10.1. The van der Waals surface area contributed by atoms with Crippen LogP contribution in [-0.2, 0) is 11.2 Å². The van der Waals surface area contributed by atoms with E-state index >= 15 is 0 Å². The van der Waals surface area contributed by atoms with Gasteiger partial charge in [0.2, 0.25) is 5.91 Å². The van der Waals surface area contributed by atoms with E-state index in [4.69, 9.17) is 0 Å². The highest BCUT2D eigenvalue weighted by atomic mass is 16.1. The number of amides is 1. The monoisotopic (exact) mass is 244 g/mol. The summed E-state index contributed by atoms with van der Waals surface area (Å²) in [6.07, 6.45) is 0.869. The Hall–Kier alpha value is -1.77. The first kappa shape index (κ1) is 12.7. The summed E-state index contributed by atoms with van der Waals surface area (Å²) in [6, 6.07) is 8.28. The van der Waals surface area contributed by atoms with Crippen LogP contribution in [0.5, 0.6) is 0 Å². The van der Waals surface area contributed by atoms with Gasteiger partial charge in [0.15, 0.2) is 0 Å². The minimum absolute atomic E-state index is 0.0501. The lowest BCUT2D eigenvalue weighted by molar-refractivity contribution is -0.123. The fraction of sp³-hybridized carbons (Fsp3) is 0.400. The summed E-state index contributed by atoms with van der Waals surface area (Å²) in [5, 5.41) is 4.22. The molecule has 1 aromatic carbocycles. The number of hydrogen-bond donors (Lipinski definition) is 2. The maximum atomic E-state index is 11.5. The average molecular weight is 244 g/mol. The molecule has 2 aromatic rings. The Kier molecular flexibility index (Phi) is 3.70. The van der Waals surface area contributed by atoms with E-state index in [9.17, 15) is 4.79 Å². The SMILES string of the molecule is Cc1[nH]c2ccccc2c1CCNC(=O)C(C)C. The number of aromatic amines is 1. The second-order valence-corrected chi connectivity index (χ2v) is 4.97. The van der Waals surface area contributed by atoms with E-state index < -0.39 is 0 Å². The maximum absolute atomic E-state index is 11.5. The van der Waals surface area contributed by atoms with E-state index in [0.29, 0.717) is 6.54 Å². The van der Waals surface area contributed by atoms with Crippen molar-refractivity contribution in [2.75, 3.05) is 6.54 Å². The second-order valence-electron chi connectivity index (χ2n) is 4.97. The highest BCUT2D eigenvalue weighted by Crippen LogP contribution is 2.21. The Morgan fingerprint density at radius 1 is 1.33 bits per heavy atom. The molecule has 0 unspecified atom stereocenters. The molecule has 2 rings (SSSR count). The molecule has 1 amide bonds. The van der Waals surface area contributed by atoms with Gasteiger partial charge in [0.25, 0.3) is 0 Å². The lowest BCUT2D eigenvalue weighted by Crippen LogP contribution is -2.29. The third-order valence-electron chi connectivity index (χ3n) is 3.23. The molecule has 0 fully saturated rings. The van der Waals surface area contributed by atoms with Crippen molar-refractivity contribution in [1.29, 1.82) is 0 Å². The van der Waals surface area contributed by atoms with Crippen LogP contribution >= 0.6 is 0 Å². The molecule has 1 aromatic heterocycles. The van der Waals surface area contributed by atoms with E-state index in [0.717, 1.165) is 6.42 Å². The molecule has 0 atom stereocenters. The van der Waals surface area contributed by atoms with Crippen LogP contribution in [0, 0.1) is 12.8 Å². The van der Waals surface area contributed by atoms with Crippen molar-refractivity contribution < 1.29 is 4.79 Å². The maximum Gasteiger partial charge on any atom is 0.222 e. The smallest absolute Gasteiger partial charge is 0.222 e. The first-order valence-corrected chi connectivity index (χ1v) is 6.43. The van der Waals surface area contributed by atoms with E-state index in [-0.39, 0.29) is 11.8 Å². The molecule has 3 nitrogen and oxygen atoms in total. The van der Waals surface area contributed by atoms with Crippen molar-refractivity contribution in [2.24, 2.45) is 5.92 Å². The molecule has 3 heteroatoms. The van der Waals surface area contributed by atoms with Crippen LogP contribution in [0.1, 0.15) is 25.1 Å². The molecule has 2 N–H and O–H groups in total. The third kappa shape index (κ3) is 2.55. The summed E-state index contributed by atoms with van der Waals surface area (Å²) in [7, 11) is 0. The Morgan fingerprint density at radius 2 is 2.06 bits per heavy atom. The highest BCUT2D eigenvalue weighted by molar-refractivity contribution is 5.84. The Labute approximate surface area is 108 Å². The van der Waals surface area contributed by atoms with Gasteiger partial charge in [-0.1, -0.05) is 32.0 Å². The van der Waals surface area contributed by atoms with Crippen molar-refractivity contribution in [1.82, 2.24) is 10.3 Å². The number of para-hydroxylation sites is 1. The van der Waals surface area contributed by atoms with Gasteiger partial charge in [-0.2, -0.15) is 0 Å². The van der Waals surface area contributed by atoms with Crippen molar-refractivity contribution in [3.8, 4) is 0 Å². The summed E-state index contributed by atoms with van der Waals surface area (Å²) in [5.74, 6) is 0.168. The molecular weight excluding hydrogens is 224 g/mol. The summed E-state index contributed by atoms with van der Waals surface area (Å²) in [5.41, 5.74) is 3.66. The predicted octanol–water partition coefficient (Wildman–Crippen LogP) is 2.79. The molecule has 0 aliphatic heterocycles. The molecule has 0 aliphatic carbocycles. The van der Waals surface area contributed by atoms with Crippen LogP contribution in [0.25, 0.3) is 10.9 Å². The van der Waals surface area contributed by atoms with Gasteiger partial charge in [-0.3, -0.25) is 4.79 Å². The van der Waals surface area contributed by atoms with Crippen molar-refractivity contribution in [3.63, 3.8) is 0 Å². The number of fused-ring (bicyclic) bond motifs is 1. The summed E-state index contributed by atoms with van der Waals surface area (Å²) < 4.78 is 0. The first-order valence-electron chi connectivity index (χ1n) is 6.43. The zero-order valence-electron chi connectivity index (χ0n) is 11.2. The van der Waals surface area contributed by atoms with Crippen LogP contribution in [0.15, 0.2) is 24.3 Å². The van der Waals surface area contributed by atoms with Gasteiger partial charge in [-0.05, 0) is 25.0 Å². The third-order valence-corrected chi connectivity index (χ3v) is 3.23. The normalized spacial score (nSPS) is 11.1. The quantitative estimate of drug-likeness (QED) is 0.853. The number of rotatable bonds is 4. The Balaban J connectivity index is 2.08. The molecule has 0 aliphatic rings. The van der Waals surface area contributed by atoms with E-state index in [1.807, 2.05) is 26.0 Å². The number of hydrogen-bond acceptors (Lipinski definition) is 1. The zero-order chi connectivity index (χ0) is 13.1. The van der Waals surface area contributed by atoms with Gasteiger partial charge in [0.05, 0.1) is 0 Å². The zero-order valence-corrected chi connectivity index (χ0v) is 11.2. The van der Waals surface area contributed by atoms with Gasteiger partial charge in [0.1, 0.15) is 0 Å². The van der Waals surface area contributed by atoms with Gasteiger partial charge in [0, 0.05) is 29.1 Å². The molecule has 0 bridgehead atoms. The van der Waals surface area contributed by atoms with Crippen LogP contribution in [0.4, 0.5) is 0 Å². The highest BCUT2D eigenvalue weighted by Gasteiger charge is 2.09. The largest absolute Gasteiger partial charge is 0.358 e. The van der Waals surface area contributed by atoms with Gasteiger partial charge in [-0.15, -0.1) is 0 Å². The number of nitrogens with one attached hydrogen (secondary N) is 2. The topological polar surface area (TPSA) is 44.9 Å². The van der Waals surface area contributed by atoms with E-state index in [1.165, 1.54) is 22.2 Å². The Morgan fingerprint density at radius 3 is 2.78 bits per heavy atom.